The Labute approximate surface area is 191 Å². The maximum atomic E-state index is 12.9. The SMILES string of the molecule is O=P(O)(Oc1ccccc1)N1CCN(C2=Nc3cc(Cl)ccc3Nc3ccccc32)CC1. The summed E-state index contributed by atoms with van der Waals surface area (Å²) in [6, 6.07) is 22.3. The van der Waals surface area contributed by atoms with Crippen LogP contribution in [0.3, 0.4) is 0 Å². The van der Waals surface area contributed by atoms with E-state index >= 15 is 0 Å². The van der Waals surface area contributed by atoms with E-state index in [0.29, 0.717) is 37.0 Å². The largest absolute Gasteiger partial charge is 0.458 e. The quantitative estimate of drug-likeness (QED) is 0.510. The first-order valence-electron chi connectivity index (χ1n) is 10.3. The predicted octanol–water partition coefficient (Wildman–Crippen LogP) is 5.27. The highest BCUT2D eigenvalue weighted by Crippen LogP contribution is 2.47. The zero-order valence-electron chi connectivity index (χ0n) is 17.2. The smallest absolute Gasteiger partial charge is 0.413 e. The van der Waals surface area contributed by atoms with Crippen LogP contribution in [0.4, 0.5) is 17.1 Å². The Morgan fingerprint density at radius 1 is 0.938 bits per heavy atom. The van der Waals surface area contributed by atoms with Crippen molar-refractivity contribution in [3.63, 3.8) is 0 Å². The van der Waals surface area contributed by atoms with Gasteiger partial charge in [-0.3, -0.25) is 0 Å². The second-order valence-corrected chi connectivity index (χ2v) is 9.77. The normalized spacial score (nSPS) is 17.8. The van der Waals surface area contributed by atoms with Gasteiger partial charge in [0.15, 0.2) is 0 Å². The minimum Gasteiger partial charge on any atom is -0.413 e. The Morgan fingerprint density at radius 3 is 2.44 bits per heavy atom. The zero-order chi connectivity index (χ0) is 22.1. The molecule has 0 saturated carbocycles. The summed E-state index contributed by atoms with van der Waals surface area (Å²) >= 11 is 6.22. The second kappa shape index (κ2) is 8.60. The summed E-state index contributed by atoms with van der Waals surface area (Å²) in [6.45, 7) is 1.81. The van der Waals surface area contributed by atoms with Gasteiger partial charge in [-0.15, -0.1) is 0 Å². The average Bonchev–Trinajstić information content (AvgIpc) is 2.96. The van der Waals surface area contributed by atoms with Crippen LogP contribution in [0.2, 0.25) is 5.02 Å². The van der Waals surface area contributed by atoms with E-state index in [1.807, 2.05) is 48.5 Å². The summed E-state index contributed by atoms with van der Waals surface area (Å²) in [7, 11) is -3.95. The predicted molar refractivity (Wildman–Crippen MR) is 127 cm³/mol. The molecule has 3 aromatic rings. The maximum Gasteiger partial charge on any atom is 0.458 e. The Morgan fingerprint density at radius 2 is 1.66 bits per heavy atom. The third-order valence-corrected chi connectivity index (χ3v) is 7.30. The molecule has 9 heteroatoms. The first-order valence-corrected chi connectivity index (χ1v) is 12.2. The Hall–Kier alpha value is -2.83. The van der Waals surface area contributed by atoms with Crippen LogP contribution >= 0.6 is 19.3 Å². The number of fused-ring (bicyclic) bond motifs is 2. The minimum absolute atomic E-state index is 0.373. The van der Waals surface area contributed by atoms with Crippen molar-refractivity contribution in [1.82, 2.24) is 9.57 Å². The summed E-state index contributed by atoms with van der Waals surface area (Å²) in [5.41, 5.74) is 3.56. The Kier molecular flexibility index (Phi) is 5.66. The van der Waals surface area contributed by atoms with Crippen molar-refractivity contribution in [2.75, 3.05) is 31.5 Å². The molecule has 0 aliphatic carbocycles. The molecule has 2 heterocycles. The monoisotopic (exact) mass is 468 g/mol. The lowest BCUT2D eigenvalue weighted by Crippen LogP contribution is -2.48. The van der Waals surface area contributed by atoms with Gasteiger partial charge in [0.25, 0.3) is 0 Å². The van der Waals surface area contributed by atoms with Crippen molar-refractivity contribution in [3.8, 4) is 5.75 Å². The molecule has 1 saturated heterocycles. The summed E-state index contributed by atoms with van der Waals surface area (Å²) in [5, 5.41) is 4.06. The van der Waals surface area contributed by atoms with Crippen LogP contribution in [-0.4, -0.2) is 46.5 Å². The summed E-state index contributed by atoms with van der Waals surface area (Å²) in [5.74, 6) is 1.19. The fraction of sp³-hybridized carbons (Fsp3) is 0.174. The molecule has 1 unspecified atom stereocenters. The molecule has 1 fully saturated rings. The molecule has 5 rings (SSSR count). The van der Waals surface area contributed by atoms with Gasteiger partial charge in [-0.25, -0.2) is 9.56 Å². The minimum atomic E-state index is -3.95. The number of hydrogen-bond acceptors (Lipinski definition) is 5. The van der Waals surface area contributed by atoms with Crippen LogP contribution in [0.25, 0.3) is 0 Å². The molecule has 2 N–H and O–H groups in total. The number of piperazine rings is 1. The van der Waals surface area contributed by atoms with Gasteiger partial charge in [0.2, 0.25) is 0 Å². The van der Waals surface area contributed by atoms with Crippen LogP contribution in [0.5, 0.6) is 5.75 Å². The molecule has 32 heavy (non-hydrogen) atoms. The molecular formula is C23H22ClN4O3P. The highest BCUT2D eigenvalue weighted by Gasteiger charge is 2.35. The van der Waals surface area contributed by atoms with Gasteiger partial charge in [-0.1, -0.05) is 41.9 Å². The summed E-state index contributed by atoms with van der Waals surface area (Å²) in [4.78, 5) is 17.6. The zero-order valence-corrected chi connectivity index (χ0v) is 18.8. The highest BCUT2D eigenvalue weighted by atomic mass is 35.5. The van der Waals surface area contributed by atoms with Crippen LogP contribution in [0.1, 0.15) is 5.56 Å². The Balaban J connectivity index is 1.39. The van der Waals surface area contributed by atoms with Gasteiger partial charge >= 0.3 is 7.75 Å². The van der Waals surface area contributed by atoms with Crippen molar-refractivity contribution >= 4 is 42.2 Å². The van der Waals surface area contributed by atoms with E-state index in [2.05, 4.69) is 10.2 Å². The number of nitrogens with zero attached hydrogens (tertiary/aromatic N) is 3. The van der Waals surface area contributed by atoms with E-state index in [0.717, 1.165) is 28.5 Å². The third kappa shape index (κ3) is 4.25. The van der Waals surface area contributed by atoms with E-state index in [4.69, 9.17) is 21.1 Å². The van der Waals surface area contributed by atoms with Crippen molar-refractivity contribution < 1.29 is 14.0 Å². The topological polar surface area (TPSA) is 77.4 Å². The number of halogens is 1. The van der Waals surface area contributed by atoms with Gasteiger partial charge in [-0.2, -0.15) is 4.67 Å². The fourth-order valence-corrected chi connectivity index (χ4v) is 5.25. The van der Waals surface area contributed by atoms with Gasteiger partial charge in [0.1, 0.15) is 11.6 Å². The van der Waals surface area contributed by atoms with Gasteiger partial charge in [0, 0.05) is 42.5 Å². The van der Waals surface area contributed by atoms with Gasteiger partial charge < -0.3 is 19.6 Å². The molecule has 0 aromatic heterocycles. The first kappa shape index (κ1) is 21.0. The highest BCUT2D eigenvalue weighted by molar-refractivity contribution is 7.50. The van der Waals surface area contributed by atoms with E-state index in [1.54, 1.807) is 24.3 Å². The molecule has 0 amide bonds. The van der Waals surface area contributed by atoms with E-state index in [1.165, 1.54) is 4.67 Å². The summed E-state index contributed by atoms with van der Waals surface area (Å²) < 4.78 is 19.8. The van der Waals surface area contributed by atoms with Crippen LogP contribution in [0, 0.1) is 0 Å². The maximum absolute atomic E-state index is 12.9. The standard InChI is InChI=1S/C23H22ClN4O3P/c24-17-10-11-21-22(16-17)26-23(19-8-4-5-9-20(19)25-21)27-12-14-28(15-13-27)32(29,30)31-18-6-2-1-3-7-18/h1-11,16,25H,12-15H2,(H,29,30). The average molecular weight is 469 g/mol. The fourth-order valence-electron chi connectivity index (χ4n) is 3.89. The molecule has 2 aliphatic heterocycles. The number of para-hydroxylation sites is 2. The molecule has 0 spiro atoms. The molecule has 0 radical (unpaired) electrons. The molecule has 1 atom stereocenters. The lowest BCUT2D eigenvalue weighted by atomic mass is 10.1. The van der Waals surface area contributed by atoms with E-state index in [-0.39, 0.29) is 0 Å². The van der Waals surface area contributed by atoms with Crippen LogP contribution in [-0.2, 0) is 4.57 Å². The second-order valence-electron chi connectivity index (χ2n) is 7.60. The van der Waals surface area contributed by atoms with Crippen molar-refractivity contribution in [3.05, 3.63) is 83.4 Å². The number of nitrogens with one attached hydrogen (secondary N) is 1. The lowest BCUT2D eigenvalue weighted by Gasteiger charge is -2.37. The van der Waals surface area contributed by atoms with Crippen LogP contribution < -0.4 is 9.84 Å². The van der Waals surface area contributed by atoms with Crippen molar-refractivity contribution in [2.45, 2.75) is 0 Å². The Bertz CT molecular complexity index is 1210. The molecule has 2 aliphatic rings. The molecule has 7 nitrogen and oxygen atoms in total. The van der Waals surface area contributed by atoms with Crippen molar-refractivity contribution in [2.24, 2.45) is 4.99 Å². The van der Waals surface area contributed by atoms with E-state index in [9.17, 15) is 9.46 Å². The number of benzene rings is 3. The van der Waals surface area contributed by atoms with Crippen LogP contribution in [0.15, 0.2) is 77.8 Å². The summed E-state index contributed by atoms with van der Waals surface area (Å²) in [6.07, 6.45) is 0. The number of hydrogen-bond donors (Lipinski definition) is 2. The first-order chi connectivity index (χ1) is 15.5. The van der Waals surface area contributed by atoms with Gasteiger partial charge in [-0.05, 0) is 42.5 Å². The van der Waals surface area contributed by atoms with Crippen molar-refractivity contribution in [1.29, 1.82) is 0 Å². The van der Waals surface area contributed by atoms with Gasteiger partial charge in [0.05, 0.1) is 11.4 Å². The van der Waals surface area contributed by atoms with E-state index < -0.39 is 7.75 Å². The number of anilines is 2. The lowest BCUT2D eigenvalue weighted by molar-refractivity contribution is 0.214. The number of aliphatic imine (C=N–C) groups is 1. The molecular weight excluding hydrogens is 447 g/mol. The molecule has 3 aromatic carbocycles. The molecule has 0 bridgehead atoms. The third-order valence-electron chi connectivity index (χ3n) is 5.50. The number of rotatable bonds is 3. The molecule has 164 valence electrons. The number of amidine groups is 1.